The standard InChI is InChI=1S/C13H17F2NO5/c1-19-9-4-7(5-10(20-2)11(9)21-3)13(18)16-6-8(17)12(14)15/h4-5,8,12,17H,6H2,1-3H3,(H,16,18). The van der Waals surface area contributed by atoms with E-state index in [4.69, 9.17) is 19.3 Å². The van der Waals surface area contributed by atoms with E-state index in [1.807, 2.05) is 0 Å². The van der Waals surface area contributed by atoms with Gasteiger partial charge >= 0.3 is 0 Å². The largest absolute Gasteiger partial charge is 0.493 e. The lowest BCUT2D eigenvalue weighted by Crippen LogP contribution is -2.35. The highest BCUT2D eigenvalue weighted by molar-refractivity contribution is 5.95. The van der Waals surface area contributed by atoms with Crippen LogP contribution in [0.1, 0.15) is 10.4 Å². The van der Waals surface area contributed by atoms with Crippen molar-refractivity contribution in [1.82, 2.24) is 5.32 Å². The Morgan fingerprint density at radius 2 is 1.71 bits per heavy atom. The first-order valence-corrected chi connectivity index (χ1v) is 5.99. The minimum absolute atomic E-state index is 0.131. The fourth-order valence-electron chi connectivity index (χ4n) is 1.60. The molecule has 2 N–H and O–H groups in total. The van der Waals surface area contributed by atoms with Crippen molar-refractivity contribution in [2.45, 2.75) is 12.5 Å². The van der Waals surface area contributed by atoms with Gasteiger partial charge in [0, 0.05) is 12.1 Å². The molecule has 1 amide bonds. The van der Waals surface area contributed by atoms with Crippen LogP contribution in [0.3, 0.4) is 0 Å². The smallest absolute Gasteiger partial charge is 0.265 e. The Morgan fingerprint density at radius 1 is 1.19 bits per heavy atom. The van der Waals surface area contributed by atoms with Gasteiger partial charge in [-0.3, -0.25) is 4.79 Å². The quantitative estimate of drug-likeness (QED) is 0.788. The zero-order chi connectivity index (χ0) is 16.0. The van der Waals surface area contributed by atoms with Gasteiger partial charge in [-0.25, -0.2) is 8.78 Å². The number of aliphatic hydroxyl groups is 1. The maximum atomic E-state index is 12.2. The highest BCUT2D eigenvalue weighted by Gasteiger charge is 2.20. The summed E-state index contributed by atoms with van der Waals surface area (Å²) in [7, 11) is 4.19. The van der Waals surface area contributed by atoms with Crippen LogP contribution in [0.4, 0.5) is 8.78 Å². The molecule has 0 aromatic heterocycles. The van der Waals surface area contributed by atoms with E-state index in [2.05, 4.69) is 5.32 Å². The molecular formula is C13H17F2NO5. The second-order valence-electron chi connectivity index (χ2n) is 4.03. The molecule has 1 unspecified atom stereocenters. The number of nitrogens with one attached hydrogen (secondary N) is 1. The molecule has 0 bridgehead atoms. The number of amides is 1. The summed E-state index contributed by atoms with van der Waals surface area (Å²) in [6, 6.07) is 2.76. The number of aliphatic hydroxyl groups excluding tert-OH is 1. The number of hydrogen-bond donors (Lipinski definition) is 2. The Morgan fingerprint density at radius 3 is 2.10 bits per heavy atom. The summed E-state index contributed by atoms with van der Waals surface area (Å²) in [5.74, 6) is 0.186. The van der Waals surface area contributed by atoms with Gasteiger partial charge in [0.05, 0.1) is 21.3 Å². The van der Waals surface area contributed by atoms with E-state index >= 15 is 0 Å². The van der Waals surface area contributed by atoms with Crippen LogP contribution in [0, 0.1) is 0 Å². The van der Waals surface area contributed by atoms with Crippen LogP contribution in [0.15, 0.2) is 12.1 Å². The Balaban J connectivity index is 2.94. The van der Waals surface area contributed by atoms with Gasteiger partial charge in [0.2, 0.25) is 5.75 Å². The third-order valence-corrected chi connectivity index (χ3v) is 2.69. The lowest BCUT2D eigenvalue weighted by atomic mass is 10.1. The fraction of sp³-hybridized carbons (Fsp3) is 0.462. The molecule has 0 fully saturated rings. The Labute approximate surface area is 120 Å². The molecule has 0 spiro atoms. The summed E-state index contributed by atoms with van der Waals surface area (Å²) in [6.45, 7) is -0.562. The van der Waals surface area contributed by atoms with Gasteiger partial charge in [-0.1, -0.05) is 0 Å². The average Bonchev–Trinajstić information content (AvgIpc) is 2.50. The summed E-state index contributed by atoms with van der Waals surface area (Å²) in [6.07, 6.45) is -4.85. The van der Waals surface area contributed by atoms with Crippen LogP contribution in [0.5, 0.6) is 17.2 Å². The van der Waals surface area contributed by atoms with Crippen LogP contribution >= 0.6 is 0 Å². The zero-order valence-electron chi connectivity index (χ0n) is 11.9. The number of alkyl halides is 2. The molecule has 0 radical (unpaired) electrons. The predicted molar refractivity (Wildman–Crippen MR) is 70.4 cm³/mol. The topological polar surface area (TPSA) is 77.0 Å². The van der Waals surface area contributed by atoms with E-state index in [9.17, 15) is 13.6 Å². The molecule has 0 saturated carbocycles. The molecule has 1 aromatic carbocycles. The number of halogens is 2. The normalized spacial score (nSPS) is 12.0. The zero-order valence-corrected chi connectivity index (χ0v) is 11.9. The summed E-state index contributed by atoms with van der Waals surface area (Å²) >= 11 is 0. The van der Waals surface area contributed by atoms with Crippen LogP contribution in [0.25, 0.3) is 0 Å². The number of hydrogen-bond acceptors (Lipinski definition) is 5. The van der Waals surface area contributed by atoms with Gasteiger partial charge in [-0.15, -0.1) is 0 Å². The highest BCUT2D eigenvalue weighted by Crippen LogP contribution is 2.38. The van der Waals surface area contributed by atoms with Crippen LogP contribution in [-0.2, 0) is 0 Å². The van der Waals surface area contributed by atoms with E-state index in [1.54, 1.807) is 0 Å². The highest BCUT2D eigenvalue weighted by atomic mass is 19.3. The molecule has 0 aliphatic carbocycles. The summed E-state index contributed by atoms with van der Waals surface area (Å²) in [5.41, 5.74) is 0.131. The van der Waals surface area contributed by atoms with Crippen molar-refractivity contribution in [3.63, 3.8) is 0 Å². The molecule has 0 heterocycles. The van der Waals surface area contributed by atoms with Gasteiger partial charge in [0.1, 0.15) is 6.10 Å². The van der Waals surface area contributed by atoms with Crippen molar-refractivity contribution in [3.8, 4) is 17.2 Å². The maximum Gasteiger partial charge on any atom is 0.265 e. The Bertz CT molecular complexity index is 470. The second-order valence-corrected chi connectivity index (χ2v) is 4.03. The second kappa shape index (κ2) is 7.63. The van der Waals surface area contributed by atoms with Gasteiger partial charge in [-0.05, 0) is 12.1 Å². The summed E-state index contributed by atoms with van der Waals surface area (Å²) in [4.78, 5) is 11.9. The van der Waals surface area contributed by atoms with Gasteiger partial charge in [-0.2, -0.15) is 0 Å². The van der Waals surface area contributed by atoms with Crippen molar-refractivity contribution in [3.05, 3.63) is 17.7 Å². The number of rotatable bonds is 7. The molecule has 0 aliphatic heterocycles. The average molecular weight is 305 g/mol. The minimum atomic E-state index is -2.93. The van der Waals surface area contributed by atoms with E-state index in [0.29, 0.717) is 5.75 Å². The number of carbonyl (C=O) groups excluding carboxylic acids is 1. The van der Waals surface area contributed by atoms with Crippen molar-refractivity contribution in [2.24, 2.45) is 0 Å². The Hall–Kier alpha value is -2.09. The number of carbonyl (C=O) groups is 1. The third kappa shape index (κ3) is 4.19. The van der Waals surface area contributed by atoms with Crippen LogP contribution in [0.2, 0.25) is 0 Å². The minimum Gasteiger partial charge on any atom is -0.493 e. The molecule has 118 valence electrons. The van der Waals surface area contributed by atoms with Gasteiger partial charge in [0.25, 0.3) is 12.3 Å². The SMILES string of the molecule is COc1cc(C(=O)NCC(O)C(F)F)cc(OC)c1OC. The lowest BCUT2D eigenvalue weighted by Gasteiger charge is -2.15. The fourth-order valence-corrected chi connectivity index (χ4v) is 1.60. The van der Waals surface area contributed by atoms with Crippen molar-refractivity contribution < 1.29 is 32.9 Å². The monoisotopic (exact) mass is 305 g/mol. The Kier molecular flexibility index (Phi) is 6.16. The van der Waals surface area contributed by atoms with E-state index < -0.39 is 25.0 Å². The first-order chi connectivity index (χ1) is 9.94. The number of benzene rings is 1. The number of ether oxygens (including phenoxy) is 3. The lowest BCUT2D eigenvalue weighted by molar-refractivity contribution is -0.00270. The molecular weight excluding hydrogens is 288 g/mol. The maximum absolute atomic E-state index is 12.2. The van der Waals surface area contributed by atoms with Crippen molar-refractivity contribution in [2.75, 3.05) is 27.9 Å². The number of methoxy groups -OCH3 is 3. The van der Waals surface area contributed by atoms with Crippen LogP contribution in [-0.4, -0.2) is 51.4 Å². The third-order valence-electron chi connectivity index (χ3n) is 2.69. The first-order valence-electron chi connectivity index (χ1n) is 5.99. The molecule has 21 heavy (non-hydrogen) atoms. The summed E-state index contributed by atoms with van der Waals surface area (Å²) in [5, 5.41) is 11.2. The molecule has 0 saturated heterocycles. The molecule has 1 aromatic rings. The molecule has 8 heteroatoms. The summed E-state index contributed by atoms with van der Waals surface area (Å²) < 4.78 is 39.6. The molecule has 0 aliphatic rings. The van der Waals surface area contributed by atoms with Gasteiger partial charge in [0.15, 0.2) is 11.5 Å². The molecule has 6 nitrogen and oxygen atoms in total. The van der Waals surface area contributed by atoms with E-state index in [0.717, 1.165) is 0 Å². The van der Waals surface area contributed by atoms with Crippen molar-refractivity contribution >= 4 is 5.91 Å². The van der Waals surface area contributed by atoms with E-state index in [1.165, 1.54) is 33.5 Å². The molecule has 1 atom stereocenters. The van der Waals surface area contributed by atoms with E-state index in [-0.39, 0.29) is 17.1 Å². The molecule has 1 rings (SSSR count). The van der Waals surface area contributed by atoms with Crippen LogP contribution < -0.4 is 19.5 Å². The predicted octanol–water partition coefficient (Wildman–Crippen LogP) is 1.07. The first kappa shape index (κ1) is 17.0. The van der Waals surface area contributed by atoms with Crippen molar-refractivity contribution in [1.29, 1.82) is 0 Å². The van der Waals surface area contributed by atoms with Gasteiger partial charge < -0.3 is 24.6 Å².